The molecule has 8 heteroatoms. The molecule has 2 aromatic rings. The van der Waals surface area contributed by atoms with Gasteiger partial charge in [-0.25, -0.2) is 8.42 Å². The van der Waals surface area contributed by atoms with Crippen molar-refractivity contribution in [3.63, 3.8) is 0 Å². The Labute approximate surface area is 157 Å². The fourth-order valence-corrected chi connectivity index (χ4v) is 3.62. The first-order valence-corrected chi connectivity index (χ1v) is 9.98. The van der Waals surface area contributed by atoms with Crippen LogP contribution in [0.2, 0.25) is 10.0 Å². The molecular formula is C17H18Cl2N2O3S. The summed E-state index contributed by atoms with van der Waals surface area (Å²) in [4.78, 5) is 12.4. The van der Waals surface area contributed by atoms with Crippen molar-refractivity contribution >= 4 is 50.5 Å². The third-order valence-corrected chi connectivity index (χ3v) is 5.19. The lowest BCUT2D eigenvalue weighted by atomic mass is 10.2. The zero-order chi connectivity index (χ0) is 18.8. The van der Waals surface area contributed by atoms with Gasteiger partial charge in [-0.15, -0.1) is 0 Å². The monoisotopic (exact) mass is 400 g/mol. The molecule has 1 N–H and O–H groups in total. The second kappa shape index (κ2) is 7.64. The van der Waals surface area contributed by atoms with E-state index < -0.39 is 15.9 Å². The fraction of sp³-hybridized carbons (Fsp3) is 0.235. The predicted octanol–water partition coefficient (Wildman–Crippen LogP) is 4.01. The van der Waals surface area contributed by atoms with Crippen LogP contribution in [0.15, 0.2) is 36.4 Å². The van der Waals surface area contributed by atoms with Crippen LogP contribution in [0.4, 0.5) is 11.4 Å². The lowest BCUT2D eigenvalue weighted by molar-refractivity contribution is -0.114. The maximum absolute atomic E-state index is 12.4. The van der Waals surface area contributed by atoms with E-state index in [-0.39, 0.29) is 6.54 Å². The van der Waals surface area contributed by atoms with Crippen LogP contribution in [0.3, 0.4) is 0 Å². The number of hydrogen-bond donors (Lipinski definition) is 1. The number of rotatable bonds is 5. The Kier molecular flexibility index (Phi) is 5.98. The fourth-order valence-electron chi connectivity index (χ4n) is 2.32. The summed E-state index contributed by atoms with van der Waals surface area (Å²) in [5.74, 6) is -0.463. The molecule has 0 spiro atoms. The Balaban J connectivity index is 2.28. The summed E-state index contributed by atoms with van der Waals surface area (Å²) in [6.07, 6.45) is 1.05. The molecule has 0 bridgehead atoms. The predicted molar refractivity (Wildman–Crippen MR) is 103 cm³/mol. The molecule has 0 aliphatic rings. The summed E-state index contributed by atoms with van der Waals surface area (Å²) in [7, 11) is -3.67. The van der Waals surface area contributed by atoms with Gasteiger partial charge in [-0.05, 0) is 55.3 Å². The highest BCUT2D eigenvalue weighted by Gasteiger charge is 2.23. The van der Waals surface area contributed by atoms with Gasteiger partial charge in [0.15, 0.2) is 0 Å². The number of sulfonamides is 1. The quantitative estimate of drug-likeness (QED) is 0.823. The van der Waals surface area contributed by atoms with Crippen molar-refractivity contribution in [2.45, 2.75) is 13.8 Å². The average Bonchev–Trinajstić information content (AvgIpc) is 2.49. The van der Waals surface area contributed by atoms with E-state index in [1.807, 2.05) is 0 Å². The topological polar surface area (TPSA) is 66.5 Å². The van der Waals surface area contributed by atoms with Crippen molar-refractivity contribution in [1.29, 1.82) is 0 Å². The Hall–Kier alpha value is -1.76. The molecule has 0 aromatic heterocycles. The van der Waals surface area contributed by atoms with Gasteiger partial charge < -0.3 is 5.32 Å². The molecule has 1 amide bonds. The van der Waals surface area contributed by atoms with Gasteiger partial charge in [-0.1, -0.05) is 29.3 Å². The number of carbonyl (C=O) groups excluding carboxylic acids is 1. The molecule has 2 rings (SSSR count). The van der Waals surface area contributed by atoms with E-state index in [0.717, 1.165) is 16.1 Å². The van der Waals surface area contributed by atoms with E-state index in [0.29, 0.717) is 27.0 Å². The van der Waals surface area contributed by atoms with Crippen LogP contribution in [0.1, 0.15) is 11.1 Å². The van der Waals surface area contributed by atoms with Crippen molar-refractivity contribution in [3.8, 4) is 0 Å². The molecule has 0 heterocycles. The number of nitrogens with zero attached hydrogens (tertiary/aromatic N) is 1. The standard InChI is InChI=1S/C17H18Cl2N2O3S/c1-11-4-5-14(19)9-16(11)21(25(3,23)24)10-17(22)20-15-7-6-13(18)8-12(15)2/h4-9H,10H2,1-3H3,(H,20,22). The van der Waals surface area contributed by atoms with E-state index in [1.54, 1.807) is 44.2 Å². The van der Waals surface area contributed by atoms with Crippen molar-refractivity contribution in [2.24, 2.45) is 0 Å². The number of anilines is 2. The van der Waals surface area contributed by atoms with E-state index in [1.165, 1.54) is 6.07 Å². The van der Waals surface area contributed by atoms with Crippen molar-refractivity contribution in [3.05, 3.63) is 57.6 Å². The number of aryl methyl sites for hydroxylation is 2. The molecule has 0 atom stereocenters. The van der Waals surface area contributed by atoms with Crippen LogP contribution in [-0.2, 0) is 14.8 Å². The highest BCUT2D eigenvalue weighted by atomic mass is 35.5. The second-order valence-corrected chi connectivity index (χ2v) is 8.49. The number of amides is 1. The zero-order valence-corrected chi connectivity index (χ0v) is 16.3. The van der Waals surface area contributed by atoms with Crippen LogP contribution in [0, 0.1) is 13.8 Å². The number of benzene rings is 2. The number of halogens is 2. The summed E-state index contributed by atoms with van der Waals surface area (Å²) in [6, 6.07) is 9.94. The molecule has 2 aromatic carbocycles. The van der Waals surface area contributed by atoms with Crippen molar-refractivity contribution < 1.29 is 13.2 Å². The summed E-state index contributed by atoms with van der Waals surface area (Å²) in [5, 5.41) is 3.66. The Morgan fingerprint density at radius 3 is 2.24 bits per heavy atom. The Bertz CT molecular complexity index is 914. The molecular weight excluding hydrogens is 383 g/mol. The van der Waals surface area contributed by atoms with Gasteiger partial charge in [0, 0.05) is 15.7 Å². The molecule has 0 unspecified atom stereocenters. The smallest absolute Gasteiger partial charge is 0.245 e. The molecule has 0 aliphatic carbocycles. The molecule has 0 radical (unpaired) electrons. The number of nitrogens with one attached hydrogen (secondary N) is 1. The summed E-state index contributed by atoms with van der Waals surface area (Å²) in [6.45, 7) is 3.20. The molecule has 0 saturated heterocycles. The van der Waals surface area contributed by atoms with Crippen LogP contribution < -0.4 is 9.62 Å². The van der Waals surface area contributed by atoms with Crippen molar-refractivity contribution in [2.75, 3.05) is 22.4 Å². The summed E-state index contributed by atoms with van der Waals surface area (Å²) < 4.78 is 25.4. The van der Waals surface area contributed by atoms with Gasteiger partial charge in [0.25, 0.3) is 0 Å². The minimum absolute atomic E-state index is 0.359. The van der Waals surface area contributed by atoms with E-state index >= 15 is 0 Å². The van der Waals surface area contributed by atoms with Crippen molar-refractivity contribution in [1.82, 2.24) is 0 Å². The van der Waals surface area contributed by atoms with Gasteiger partial charge in [-0.3, -0.25) is 9.10 Å². The molecule has 5 nitrogen and oxygen atoms in total. The molecule has 0 aliphatic heterocycles. The third-order valence-electron chi connectivity index (χ3n) is 3.59. The first-order valence-electron chi connectivity index (χ1n) is 7.38. The first kappa shape index (κ1) is 19.6. The summed E-state index contributed by atoms with van der Waals surface area (Å²) in [5.41, 5.74) is 2.43. The molecule has 0 saturated carbocycles. The maximum Gasteiger partial charge on any atom is 0.245 e. The highest BCUT2D eigenvalue weighted by Crippen LogP contribution is 2.26. The van der Waals surface area contributed by atoms with Gasteiger partial charge in [0.2, 0.25) is 15.9 Å². The van der Waals surface area contributed by atoms with Crippen LogP contribution >= 0.6 is 23.2 Å². The lowest BCUT2D eigenvalue weighted by Crippen LogP contribution is -2.38. The SMILES string of the molecule is Cc1cc(Cl)ccc1NC(=O)CN(c1cc(Cl)ccc1C)S(C)(=O)=O. The largest absolute Gasteiger partial charge is 0.324 e. The number of hydrogen-bond acceptors (Lipinski definition) is 3. The van der Waals surface area contributed by atoms with Gasteiger partial charge in [0.05, 0.1) is 11.9 Å². The van der Waals surface area contributed by atoms with Crippen LogP contribution in [-0.4, -0.2) is 27.1 Å². The first-order chi connectivity index (χ1) is 11.6. The van der Waals surface area contributed by atoms with Gasteiger partial charge in [-0.2, -0.15) is 0 Å². The normalized spacial score (nSPS) is 11.2. The van der Waals surface area contributed by atoms with E-state index in [9.17, 15) is 13.2 Å². The van der Waals surface area contributed by atoms with Crippen LogP contribution in [0.25, 0.3) is 0 Å². The second-order valence-electron chi connectivity index (χ2n) is 5.71. The molecule has 25 heavy (non-hydrogen) atoms. The Morgan fingerprint density at radius 2 is 1.64 bits per heavy atom. The van der Waals surface area contributed by atoms with Crippen LogP contribution in [0.5, 0.6) is 0 Å². The van der Waals surface area contributed by atoms with Gasteiger partial charge >= 0.3 is 0 Å². The Morgan fingerprint density at radius 1 is 1.04 bits per heavy atom. The molecule has 134 valence electrons. The zero-order valence-electron chi connectivity index (χ0n) is 14.0. The minimum atomic E-state index is -3.67. The highest BCUT2D eigenvalue weighted by molar-refractivity contribution is 7.92. The summed E-state index contributed by atoms with van der Waals surface area (Å²) >= 11 is 11.9. The third kappa shape index (κ3) is 5.11. The minimum Gasteiger partial charge on any atom is -0.324 e. The average molecular weight is 401 g/mol. The number of carbonyl (C=O) groups is 1. The molecule has 0 fully saturated rings. The van der Waals surface area contributed by atoms with E-state index in [4.69, 9.17) is 23.2 Å². The maximum atomic E-state index is 12.4. The lowest BCUT2D eigenvalue weighted by Gasteiger charge is -2.24. The van der Waals surface area contributed by atoms with Gasteiger partial charge in [0.1, 0.15) is 6.54 Å². The van der Waals surface area contributed by atoms with E-state index in [2.05, 4.69) is 5.32 Å².